The topological polar surface area (TPSA) is 29.9 Å². The zero-order valence-corrected chi connectivity index (χ0v) is 12.5. The Kier molecular flexibility index (Phi) is 4.05. The summed E-state index contributed by atoms with van der Waals surface area (Å²) in [6.45, 7) is 6.40. The lowest BCUT2D eigenvalue weighted by Gasteiger charge is -2.21. The molecule has 0 aliphatic rings. The van der Waals surface area contributed by atoms with Gasteiger partial charge in [0.05, 0.1) is 5.69 Å². The Labute approximate surface area is 115 Å². The maximum Gasteiger partial charge on any atom is 0.0596 e. The largest absolute Gasteiger partial charge is 0.313 e. The molecule has 102 valence electrons. The van der Waals surface area contributed by atoms with Gasteiger partial charge in [0.2, 0.25) is 0 Å². The van der Waals surface area contributed by atoms with Crippen LogP contribution in [0.1, 0.15) is 34.1 Å². The number of likely N-dealkylation sites (N-methyl/N-ethyl adjacent to an activating group) is 1. The average molecular weight is 257 g/mol. The molecule has 1 aromatic carbocycles. The second-order valence-electron chi connectivity index (χ2n) is 5.25. The van der Waals surface area contributed by atoms with Gasteiger partial charge >= 0.3 is 0 Å². The number of hydrogen-bond acceptors (Lipinski definition) is 2. The van der Waals surface area contributed by atoms with Crippen LogP contribution in [0.3, 0.4) is 0 Å². The first-order chi connectivity index (χ1) is 9.02. The molecule has 1 aromatic heterocycles. The summed E-state index contributed by atoms with van der Waals surface area (Å²) in [7, 11) is 4.04. The third-order valence-electron chi connectivity index (χ3n) is 3.75. The van der Waals surface area contributed by atoms with E-state index in [1.807, 2.05) is 25.7 Å². The minimum absolute atomic E-state index is 0.330. The van der Waals surface area contributed by atoms with Gasteiger partial charge in [-0.15, -0.1) is 0 Å². The van der Waals surface area contributed by atoms with Gasteiger partial charge in [-0.2, -0.15) is 5.10 Å². The highest BCUT2D eigenvalue weighted by atomic mass is 15.3. The van der Waals surface area contributed by atoms with Gasteiger partial charge in [-0.3, -0.25) is 4.68 Å². The predicted octanol–water partition coefficient (Wildman–Crippen LogP) is 2.85. The zero-order chi connectivity index (χ0) is 14.0. The van der Waals surface area contributed by atoms with Crippen LogP contribution in [0, 0.1) is 20.8 Å². The predicted molar refractivity (Wildman–Crippen MR) is 79.4 cm³/mol. The molecule has 0 aliphatic carbocycles. The van der Waals surface area contributed by atoms with E-state index in [9.17, 15) is 0 Å². The Morgan fingerprint density at radius 2 is 1.84 bits per heavy atom. The third kappa shape index (κ3) is 2.87. The van der Waals surface area contributed by atoms with Crippen molar-refractivity contribution in [1.29, 1.82) is 0 Å². The van der Waals surface area contributed by atoms with Crippen molar-refractivity contribution in [3.8, 4) is 0 Å². The lowest BCUT2D eigenvalue weighted by atomic mass is 9.93. The summed E-state index contributed by atoms with van der Waals surface area (Å²) in [5.74, 6) is 0. The van der Waals surface area contributed by atoms with Gasteiger partial charge in [-0.1, -0.05) is 18.2 Å². The van der Waals surface area contributed by atoms with Gasteiger partial charge in [0.1, 0.15) is 0 Å². The van der Waals surface area contributed by atoms with Crippen molar-refractivity contribution in [2.45, 2.75) is 33.2 Å². The number of benzene rings is 1. The maximum atomic E-state index is 4.43. The smallest absolute Gasteiger partial charge is 0.0596 e. The van der Waals surface area contributed by atoms with E-state index in [1.54, 1.807) is 0 Å². The van der Waals surface area contributed by atoms with E-state index >= 15 is 0 Å². The molecular weight excluding hydrogens is 234 g/mol. The summed E-state index contributed by atoms with van der Waals surface area (Å²) >= 11 is 0. The van der Waals surface area contributed by atoms with E-state index < -0.39 is 0 Å². The van der Waals surface area contributed by atoms with E-state index in [0.29, 0.717) is 6.04 Å². The van der Waals surface area contributed by atoms with E-state index in [2.05, 4.69) is 48.5 Å². The molecule has 0 spiro atoms. The molecule has 0 bridgehead atoms. The van der Waals surface area contributed by atoms with Gasteiger partial charge in [-0.25, -0.2) is 0 Å². The number of nitrogens with one attached hydrogen (secondary N) is 1. The summed E-state index contributed by atoms with van der Waals surface area (Å²) in [5.41, 5.74) is 6.44. The Morgan fingerprint density at radius 1 is 1.21 bits per heavy atom. The van der Waals surface area contributed by atoms with Crippen molar-refractivity contribution in [3.05, 3.63) is 52.3 Å². The van der Waals surface area contributed by atoms with Crippen LogP contribution in [-0.2, 0) is 13.5 Å². The van der Waals surface area contributed by atoms with Gasteiger partial charge in [-0.05, 0) is 50.6 Å². The molecule has 2 aromatic rings. The molecule has 0 saturated carbocycles. The normalized spacial score (nSPS) is 12.7. The van der Waals surface area contributed by atoms with Crippen molar-refractivity contribution in [2.75, 3.05) is 7.05 Å². The summed E-state index contributed by atoms with van der Waals surface area (Å²) in [6, 6.07) is 8.98. The van der Waals surface area contributed by atoms with Crippen LogP contribution in [0.15, 0.2) is 24.3 Å². The second-order valence-corrected chi connectivity index (χ2v) is 5.25. The molecule has 0 fully saturated rings. The molecule has 3 nitrogen and oxygen atoms in total. The number of nitrogens with zero attached hydrogens (tertiary/aromatic N) is 2. The molecule has 1 N–H and O–H groups in total. The fraction of sp³-hybridized carbons (Fsp3) is 0.438. The molecule has 0 saturated heterocycles. The molecule has 1 heterocycles. The van der Waals surface area contributed by atoms with Crippen LogP contribution in [0.25, 0.3) is 0 Å². The summed E-state index contributed by atoms with van der Waals surface area (Å²) in [5, 5.41) is 7.87. The first-order valence-corrected chi connectivity index (χ1v) is 6.75. The van der Waals surface area contributed by atoms with Gasteiger partial charge in [0.15, 0.2) is 0 Å². The van der Waals surface area contributed by atoms with Crippen LogP contribution < -0.4 is 5.32 Å². The standard InChI is InChI=1S/C16H23N3/c1-11-7-6-8-12(2)16(11)15(17-4)10-14-9-13(3)18-19(14)5/h6-9,15,17H,10H2,1-5H3. The van der Waals surface area contributed by atoms with Crippen LogP contribution in [0.2, 0.25) is 0 Å². The fourth-order valence-corrected chi connectivity index (χ4v) is 2.79. The molecular formula is C16H23N3. The molecule has 0 amide bonds. The minimum Gasteiger partial charge on any atom is -0.313 e. The lowest BCUT2D eigenvalue weighted by Crippen LogP contribution is -2.22. The quantitative estimate of drug-likeness (QED) is 0.912. The molecule has 1 atom stereocenters. The van der Waals surface area contributed by atoms with Crippen molar-refractivity contribution in [3.63, 3.8) is 0 Å². The first kappa shape index (κ1) is 13.8. The zero-order valence-electron chi connectivity index (χ0n) is 12.5. The number of aryl methyl sites for hydroxylation is 4. The van der Waals surface area contributed by atoms with E-state index in [-0.39, 0.29) is 0 Å². The van der Waals surface area contributed by atoms with E-state index in [0.717, 1.165) is 12.1 Å². The van der Waals surface area contributed by atoms with E-state index in [1.165, 1.54) is 22.4 Å². The molecule has 3 heteroatoms. The van der Waals surface area contributed by atoms with Crippen molar-refractivity contribution in [1.82, 2.24) is 15.1 Å². The van der Waals surface area contributed by atoms with E-state index in [4.69, 9.17) is 0 Å². The van der Waals surface area contributed by atoms with Gasteiger partial charge in [0.25, 0.3) is 0 Å². The Balaban J connectivity index is 2.33. The Hall–Kier alpha value is -1.61. The van der Waals surface area contributed by atoms with Crippen LogP contribution >= 0.6 is 0 Å². The van der Waals surface area contributed by atoms with Crippen molar-refractivity contribution in [2.24, 2.45) is 7.05 Å². The van der Waals surface area contributed by atoms with Crippen molar-refractivity contribution >= 4 is 0 Å². The molecule has 0 radical (unpaired) electrons. The minimum atomic E-state index is 0.330. The summed E-state index contributed by atoms with van der Waals surface area (Å²) in [6.07, 6.45) is 0.958. The Morgan fingerprint density at radius 3 is 2.32 bits per heavy atom. The molecule has 0 aliphatic heterocycles. The second kappa shape index (κ2) is 5.57. The highest BCUT2D eigenvalue weighted by molar-refractivity contribution is 5.37. The number of hydrogen-bond donors (Lipinski definition) is 1. The fourth-order valence-electron chi connectivity index (χ4n) is 2.79. The molecule has 19 heavy (non-hydrogen) atoms. The highest BCUT2D eigenvalue weighted by Crippen LogP contribution is 2.25. The first-order valence-electron chi connectivity index (χ1n) is 6.75. The highest BCUT2D eigenvalue weighted by Gasteiger charge is 2.16. The average Bonchev–Trinajstić information content (AvgIpc) is 2.66. The van der Waals surface area contributed by atoms with Crippen LogP contribution in [-0.4, -0.2) is 16.8 Å². The summed E-state index contributed by atoms with van der Waals surface area (Å²) in [4.78, 5) is 0. The van der Waals surface area contributed by atoms with Gasteiger partial charge < -0.3 is 5.32 Å². The number of aromatic nitrogens is 2. The summed E-state index contributed by atoms with van der Waals surface area (Å²) < 4.78 is 1.98. The lowest BCUT2D eigenvalue weighted by molar-refractivity contribution is 0.556. The Bertz CT molecular complexity index is 549. The van der Waals surface area contributed by atoms with Crippen molar-refractivity contribution < 1.29 is 0 Å². The third-order valence-corrected chi connectivity index (χ3v) is 3.75. The maximum absolute atomic E-state index is 4.43. The SMILES string of the molecule is CNC(Cc1cc(C)nn1C)c1c(C)cccc1C. The molecule has 1 unspecified atom stereocenters. The van der Waals surface area contributed by atoms with Gasteiger partial charge in [0, 0.05) is 25.2 Å². The monoisotopic (exact) mass is 257 g/mol. The van der Waals surface area contributed by atoms with Crippen LogP contribution in [0.4, 0.5) is 0 Å². The number of rotatable bonds is 4. The molecule has 2 rings (SSSR count). The van der Waals surface area contributed by atoms with Crippen LogP contribution in [0.5, 0.6) is 0 Å².